The molecule has 1 N–H and O–H groups in total. The van der Waals surface area contributed by atoms with Crippen LogP contribution in [0.3, 0.4) is 0 Å². The summed E-state index contributed by atoms with van der Waals surface area (Å²) in [7, 11) is 0. The second-order valence-electron chi connectivity index (χ2n) is 10.4. The molecule has 0 amide bonds. The fourth-order valence-electron chi connectivity index (χ4n) is 7.20. The molecule has 0 bridgehead atoms. The van der Waals surface area contributed by atoms with Crippen LogP contribution >= 0.6 is 15.9 Å². The van der Waals surface area contributed by atoms with Gasteiger partial charge in [-0.15, -0.1) is 0 Å². The van der Waals surface area contributed by atoms with Crippen LogP contribution < -0.4 is 0 Å². The molecule has 3 saturated carbocycles. The van der Waals surface area contributed by atoms with Crippen molar-refractivity contribution in [2.24, 2.45) is 28.6 Å². The number of allylic oxidation sites excluding steroid dienone is 2. The topological polar surface area (TPSA) is 37.3 Å². The second kappa shape index (κ2) is 6.92. The van der Waals surface area contributed by atoms with Crippen LogP contribution in [0.25, 0.3) is 6.08 Å². The number of halogens is 1. The van der Waals surface area contributed by atoms with Crippen molar-refractivity contribution in [3.63, 3.8) is 0 Å². The number of fused-ring (bicyclic) bond motifs is 5. The molecule has 3 heteroatoms. The highest BCUT2D eigenvalue weighted by Crippen LogP contribution is 2.64. The van der Waals surface area contributed by atoms with E-state index in [4.69, 9.17) is 0 Å². The number of carbonyl (C=O) groups is 1. The average Bonchev–Trinajstić information content (AvgIpc) is 2.95. The van der Waals surface area contributed by atoms with E-state index >= 15 is 0 Å². The standard InChI is InChI=1S/C26H31BrO2/c1-25-11-9-20(28)15-18(25)5-8-21-22(25)10-12-26(2)23(21)14-17(24(26)29)13-16-3-6-19(27)7-4-16/h3-7,13,20-23,28H,8-12,14-15H2,1-2H3/b17-13+/t20-,21-,22+,23+,25+,26+/m1/s1. The van der Waals surface area contributed by atoms with Gasteiger partial charge in [0.05, 0.1) is 6.10 Å². The Morgan fingerprint density at radius 2 is 1.76 bits per heavy atom. The molecule has 3 fully saturated rings. The van der Waals surface area contributed by atoms with Gasteiger partial charge in [0.15, 0.2) is 5.78 Å². The van der Waals surface area contributed by atoms with E-state index in [1.165, 1.54) is 5.57 Å². The molecular weight excluding hydrogens is 424 g/mol. The average molecular weight is 455 g/mol. The van der Waals surface area contributed by atoms with Gasteiger partial charge in [0, 0.05) is 9.89 Å². The maximum Gasteiger partial charge on any atom is 0.165 e. The number of hydrogen-bond donors (Lipinski definition) is 1. The van der Waals surface area contributed by atoms with Gasteiger partial charge in [0.2, 0.25) is 0 Å². The molecule has 4 aliphatic rings. The lowest BCUT2D eigenvalue weighted by Gasteiger charge is -2.56. The number of aliphatic hydroxyl groups is 1. The van der Waals surface area contributed by atoms with Crippen LogP contribution in [0.2, 0.25) is 0 Å². The Kier molecular flexibility index (Phi) is 4.71. The monoisotopic (exact) mass is 454 g/mol. The van der Waals surface area contributed by atoms with E-state index in [0.29, 0.717) is 23.5 Å². The molecule has 154 valence electrons. The van der Waals surface area contributed by atoms with Crippen LogP contribution in [-0.2, 0) is 4.79 Å². The highest BCUT2D eigenvalue weighted by atomic mass is 79.9. The van der Waals surface area contributed by atoms with Crippen LogP contribution in [0.4, 0.5) is 0 Å². The van der Waals surface area contributed by atoms with Gasteiger partial charge >= 0.3 is 0 Å². The van der Waals surface area contributed by atoms with Gasteiger partial charge in [-0.3, -0.25) is 4.79 Å². The van der Waals surface area contributed by atoms with Crippen LogP contribution in [-0.4, -0.2) is 17.0 Å². The van der Waals surface area contributed by atoms with E-state index in [1.54, 1.807) is 0 Å². The van der Waals surface area contributed by atoms with Crippen molar-refractivity contribution in [3.8, 4) is 0 Å². The number of ketones is 1. The van der Waals surface area contributed by atoms with Gasteiger partial charge in [0.25, 0.3) is 0 Å². The smallest absolute Gasteiger partial charge is 0.165 e. The third-order valence-corrected chi connectivity index (χ3v) is 9.46. The molecular formula is C26H31BrO2. The number of Topliss-reactive ketones (excluding diaryl/α,β-unsaturated/α-hetero) is 1. The molecule has 6 atom stereocenters. The highest BCUT2D eigenvalue weighted by molar-refractivity contribution is 9.10. The molecule has 0 radical (unpaired) electrons. The largest absolute Gasteiger partial charge is 0.393 e. The SMILES string of the molecule is C[C@]12CC[C@@H](O)CC1=CC[C@@H]1[C@@H]2CC[C@]2(C)C(=O)/C(=C/c3ccc(Br)cc3)C[C@@H]12. The summed E-state index contributed by atoms with van der Waals surface area (Å²) in [6, 6.07) is 8.26. The van der Waals surface area contributed by atoms with Crippen LogP contribution in [0.5, 0.6) is 0 Å². The Balaban J connectivity index is 1.47. The molecule has 29 heavy (non-hydrogen) atoms. The number of aliphatic hydroxyl groups excluding tert-OH is 1. The Morgan fingerprint density at radius 3 is 2.52 bits per heavy atom. The van der Waals surface area contributed by atoms with E-state index in [1.807, 2.05) is 12.1 Å². The predicted molar refractivity (Wildman–Crippen MR) is 120 cm³/mol. The Labute approximate surface area is 182 Å². The normalized spacial score (nSPS) is 42.8. The van der Waals surface area contributed by atoms with Crippen molar-refractivity contribution in [1.29, 1.82) is 0 Å². The molecule has 0 aliphatic heterocycles. The number of benzene rings is 1. The molecule has 0 aromatic heterocycles. The maximum absolute atomic E-state index is 13.5. The van der Waals surface area contributed by atoms with E-state index in [-0.39, 0.29) is 16.9 Å². The molecule has 0 spiro atoms. The molecule has 0 saturated heterocycles. The van der Waals surface area contributed by atoms with E-state index in [2.05, 4.69) is 54.1 Å². The summed E-state index contributed by atoms with van der Waals surface area (Å²) in [5.74, 6) is 2.10. The quantitative estimate of drug-likeness (QED) is 0.397. The molecule has 2 nitrogen and oxygen atoms in total. The fourth-order valence-corrected chi connectivity index (χ4v) is 7.47. The molecule has 5 rings (SSSR count). The first kappa shape index (κ1) is 19.8. The van der Waals surface area contributed by atoms with Crippen molar-refractivity contribution in [2.45, 2.75) is 64.9 Å². The lowest BCUT2D eigenvalue weighted by molar-refractivity contribution is -0.130. The molecule has 1 aromatic carbocycles. The van der Waals surface area contributed by atoms with E-state index in [9.17, 15) is 9.90 Å². The molecule has 1 aromatic rings. The van der Waals surface area contributed by atoms with Gasteiger partial charge < -0.3 is 5.11 Å². The Bertz CT molecular complexity index is 898. The summed E-state index contributed by atoms with van der Waals surface area (Å²) in [5, 5.41) is 10.2. The number of hydrogen-bond acceptors (Lipinski definition) is 2. The molecule has 0 heterocycles. The number of carbonyl (C=O) groups excluding carboxylic acids is 1. The van der Waals surface area contributed by atoms with E-state index in [0.717, 1.165) is 60.6 Å². The summed E-state index contributed by atoms with van der Waals surface area (Å²) in [6.07, 6.45) is 11.5. The van der Waals surface area contributed by atoms with Gasteiger partial charge in [-0.05, 0) is 97.5 Å². The van der Waals surface area contributed by atoms with Crippen molar-refractivity contribution in [1.82, 2.24) is 0 Å². The van der Waals surface area contributed by atoms with Gasteiger partial charge in [-0.25, -0.2) is 0 Å². The first-order chi connectivity index (χ1) is 13.8. The Hall–Kier alpha value is -1.19. The van der Waals surface area contributed by atoms with Crippen molar-refractivity contribution in [2.75, 3.05) is 0 Å². The van der Waals surface area contributed by atoms with Gasteiger partial charge in [-0.1, -0.05) is 53.6 Å². The summed E-state index contributed by atoms with van der Waals surface area (Å²) in [5.41, 5.74) is 3.67. The lowest BCUT2D eigenvalue weighted by atomic mass is 9.48. The van der Waals surface area contributed by atoms with Crippen LogP contribution in [0, 0.1) is 28.6 Å². The van der Waals surface area contributed by atoms with Crippen molar-refractivity contribution in [3.05, 3.63) is 51.5 Å². The summed E-state index contributed by atoms with van der Waals surface area (Å²) < 4.78 is 1.07. The summed E-state index contributed by atoms with van der Waals surface area (Å²) in [6.45, 7) is 4.68. The summed E-state index contributed by atoms with van der Waals surface area (Å²) >= 11 is 3.49. The van der Waals surface area contributed by atoms with Crippen LogP contribution in [0.15, 0.2) is 46.0 Å². The Morgan fingerprint density at radius 1 is 1.03 bits per heavy atom. The first-order valence-corrected chi connectivity index (χ1v) is 12.0. The zero-order valence-electron chi connectivity index (χ0n) is 17.5. The highest BCUT2D eigenvalue weighted by Gasteiger charge is 2.59. The lowest BCUT2D eigenvalue weighted by Crippen LogP contribution is -2.50. The minimum atomic E-state index is -0.196. The molecule has 0 unspecified atom stereocenters. The van der Waals surface area contributed by atoms with Gasteiger partial charge in [0.1, 0.15) is 0 Å². The third-order valence-electron chi connectivity index (χ3n) is 8.93. The molecule has 4 aliphatic carbocycles. The second-order valence-corrected chi connectivity index (χ2v) is 11.3. The minimum absolute atomic E-state index is 0.159. The van der Waals surface area contributed by atoms with Crippen molar-refractivity contribution >= 4 is 27.8 Å². The maximum atomic E-state index is 13.5. The summed E-state index contributed by atoms with van der Waals surface area (Å²) in [4.78, 5) is 13.5. The predicted octanol–water partition coefficient (Wildman–Crippen LogP) is 6.34. The van der Waals surface area contributed by atoms with Gasteiger partial charge in [-0.2, -0.15) is 0 Å². The zero-order valence-corrected chi connectivity index (χ0v) is 19.0. The van der Waals surface area contributed by atoms with Crippen LogP contribution in [0.1, 0.15) is 64.4 Å². The minimum Gasteiger partial charge on any atom is -0.393 e. The first-order valence-electron chi connectivity index (χ1n) is 11.2. The number of rotatable bonds is 1. The fraction of sp³-hybridized carbons (Fsp3) is 0.577. The van der Waals surface area contributed by atoms with E-state index < -0.39 is 0 Å². The third kappa shape index (κ3) is 3.03. The van der Waals surface area contributed by atoms with Crippen molar-refractivity contribution < 1.29 is 9.90 Å². The zero-order chi connectivity index (χ0) is 20.4.